The molecule has 0 spiro atoms. The Morgan fingerprint density at radius 1 is 1.12 bits per heavy atom. The van der Waals surface area contributed by atoms with Crippen molar-refractivity contribution >= 4 is 17.7 Å². The summed E-state index contributed by atoms with van der Waals surface area (Å²) in [6, 6.07) is 3.41. The molecule has 1 aromatic rings. The summed E-state index contributed by atoms with van der Waals surface area (Å²) in [6.45, 7) is 13.4. The summed E-state index contributed by atoms with van der Waals surface area (Å²) in [7, 11) is 1.49. The maximum Gasteiger partial charge on any atom is 0.321 e. The standard InChI is InChI=1S/C35H58FN3O10/c1-10-26-35(8,46)29(42)22(6)37-17-18(2)16-34(7,45)30(20(4)27(40)21(5)31(43)48-26)49-32-28(41)25(14-19(3)47-32)39(9)33(44)38-24-13-11-12-23(36)15-24/h11-13,15,18-22,25-30,32,37,40-42,45-46H,10,14,16-17H2,1-9H3,(H,38,44)/t18-,19-,20+,21-,22-,25+,26?,27+,28-,29-,30-,32+,34-,35?/m1/s1. The van der Waals surface area contributed by atoms with Gasteiger partial charge in [0, 0.05) is 24.7 Å². The molecule has 0 saturated carbocycles. The average Bonchev–Trinajstić information content (AvgIpc) is 3.03. The highest BCUT2D eigenvalue weighted by molar-refractivity contribution is 5.89. The number of carbonyl (C=O) groups is 2. The van der Waals surface area contributed by atoms with E-state index in [0.29, 0.717) is 6.54 Å². The van der Waals surface area contributed by atoms with Crippen molar-refractivity contribution in [3.63, 3.8) is 0 Å². The Kier molecular flexibility index (Phi) is 14.0. The molecular weight excluding hydrogens is 641 g/mol. The third-order valence-electron chi connectivity index (χ3n) is 10.2. The Morgan fingerprint density at radius 2 is 1.78 bits per heavy atom. The van der Waals surface area contributed by atoms with E-state index in [2.05, 4.69) is 10.6 Å². The molecule has 14 heteroatoms. The minimum Gasteiger partial charge on any atom is -0.459 e. The van der Waals surface area contributed by atoms with Gasteiger partial charge < -0.3 is 55.3 Å². The largest absolute Gasteiger partial charge is 0.459 e. The van der Waals surface area contributed by atoms with Crippen LogP contribution in [0.25, 0.3) is 0 Å². The van der Waals surface area contributed by atoms with Crippen molar-refractivity contribution in [2.45, 2.75) is 141 Å². The first kappa shape index (κ1) is 41.0. The van der Waals surface area contributed by atoms with Crippen LogP contribution in [-0.4, -0.2) is 122 Å². The van der Waals surface area contributed by atoms with Gasteiger partial charge in [-0.25, -0.2) is 9.18 Å². The van der Waals surface area contributed by atoms with Crippen LogP contribution in [0, 0.1) is 23.6 Å². The Morgan fingerprint density at radius 3 is 2.39 bits per heavy atom. The molecule has 0 aliphatic carbocycles. The Balaban J connectivity index is 1.92. The maximum absolute atomic E-state index is 13.7. The zero-order valence-electron chi connectivity index (χ0n) is 30.2. The molecule has 2 amide bonds. The summed E-state index contributed by atoms with van der Waals surface area (Å²) >= 11 is 0. The number of cyclic esters (lactones) is 1. The highest BCUT2D eigenvalue weighted by Crippen LogP contribution is 2.36. The van der Waals surface area contributed by atoms with E-state index in [0.717, 1.165) is 0 Å². The van der Waals surface area contributed by atoms with E-state index in [1.54, 1.807) is 34.6 Å². The smallest absolute Gasteiger partial charge is 0.321 e. The van der Waals surface area contributed by atoms with Gasteiger partial charge in [0.05, 0.1) is 35.9 Å². The quantitative estimate of drug-likeness (QED) is 0.224. The van der Waals surface area contributed by atoms with Crippen LogP contribution in [-0.2, 0) is 19.0 Å². The van der Waals surface area contributed by atoms with Crippen LogP contribution in [0.5, 0.6) is 0 Å². The molecule has 7 N–H and O–H groups in total. The van der Waals surface area contributed by atoms with Crippen molar-refractivity contribution in [3.05, 3.63) is 30.1 Å². The summed E-state index contributed by atoms with van der Waals surface area (Å²) in [4.78, 5) is 27.8. The number of aliphatic hydroxyl groups is 5. The number of ether oxygens (including phenoxy) is 3. The van der Waals surface area contributed by atoms with Crippen LogP contribution in [0.3, 0.4) is 0 Å². The van der Waals surface area contributed by atoms with Crippen LogP contribution in [0.1, 0.15) is 74.7 Å². The number of halogens is 1. The molecule has 2 unspecified atom stereocenters. The molecule has 0 aromatic heterocycles. The minimum atomic E-state index is -1.81. The fraction of sp³-hybridized carbons (Fsp3) is 0.771. The molecule has 1 aromatic carbocycles. The van der Waals surface area contributed by atoms with Gasteiger partial charge in [-0.1, -0.05) is 26.8 Å². The Labute approximate surface area is 289 Å². The number of esters is 1. The van der Waals surface area contributed by atoms with Crippen LogP contribution in [0.4, 0.5) is 14.9 Å². The molecule has 3 rings (SSSR count). The van der Waals surface area contributed by atoms with Gasteiger partial charge in [-0.2, -0.15) is 0 Å². The van der Waals surface area contributed by atoms with Gasteiger partial charge in [-0.05, 0) is 84.5 Å². The number of carbonyl (C=O) groups excluding carboxylic acids is 2. The van der Waals surface area contributed by atoms with Gasteiger partial charge >= 0.3 is 12.0 Å². The number of urea groups is 1. The minimum absolute atomic E-state index is 0.134. The molecule has 2 heterocycles. The van der Waals surface area contributed by atoms with Crippen LogP contribution in [0.2, 0.25) is 0 Å². The van der Waals surface area contributed by atoms with Crippen molar-refractivity contribution < 1.29 is 53.7 Å². The van der Waals surface area contributed by atoms with Gasteiger partial charge in [0.25, 0.3) is 0 Å². The van der Waals surface area contributed by atoms with E-state index in [1.165, 1.54) is 50.1 Å². The molecule has 2 fully saturated rings. The normalized spacial score (nSPS) is 41.6. The van der Waals surface area contributed by atoms with E-state index in [9.17, 15) is 39.5 Å². The van der Waals surface area contributed by atoms with E-state index < -0.39 is 95.9 Å². The van der Waals surface area contributed by atoms with Crippen molar-refractivity contribution in [1.29, 1.82) is 0 Å². The van der Waals surface area contributed by atoms with Gasteiger partial charge in [0.2, 0.25) is 0 Å². The second kappa shape index (κ2) is 16.7. The zero-order chi connectivity index (χ0) is 37.0. The second-order valence-electron chi connectivity index (χ2n) is 14.7. The number of hydrogen-bond donors (Lipinski definition) is 7. The first-order valence-electron chi connectivity index (χ1n) is 17.2. The number of benzene rings is 1. The third kappa shape index (κ3) is 9.88. The van der Waals surface area contributed by atoms with Gasteiger partial charge in [-0.3, -0.25) is 4.79 Å². The van der Waals surface area contributed by atoms with Gasteiger partial charge in [0.15, 0.2) is 6.29 Å². The first-order valence-corrected chi connectivity index (χ1v) is 17.2. The van der Waals surface area contributed by atoms with E-state index >= 15 is 0 Å². The van der Waals surface area contributed by atoms with Crippen molar-refractivity contribution in [3.8, 4) is 0 Å². The molecule has 13 nitrogen and oxygen atoms in total. The first-order chi connectivity index (χ1) is 22.7. The monoisotopic (exact) mass is 699 g/mol. The summed E-state index contributed by atoms with van der Waals surface area (Å²) in [6.07, 6.45) is -7.68. The van der Waals surface area contributed by atoms with Crippen molar-refractivity contribution in [2.24, 2.45) is 17.8 Å². The predicted octanol–water partition coefficient (Wildman–Crippen LogP) is 2.37. The van der Waals surface area contributed by atoms with E-state index in [1.807, 2.05) is 6.92 Å². The topological polar surface area (TPSA) is 190 Å². The summed E-state index contributed by atoms with van der Waals surface area (Å²) in [5, 5.41) is 63.3. The molecule has 49 heavy (non-hydrogen) atoms. The van der Waals surface area contributed by atoms with Crippen LogP contribution in [0.15, 0.2) is 24.3 Å². The molecular formula is C35H58FN3O10. The number of rotatable bonds is 5. The summed E-state index contributed by atoms with van der Waals surface area (Å²) in [5.41, 5.74) is -3.22. The number of hydrogen-bond acceptors (Lipinski definition) is 11. The number of nitrogens with one attached hydrogen (secondary N) is 2. The highest BCUT2D eigenvalue weighted by atomic mass is 19.1. The van der Waals surface area contributed by atoms with E-state index in [-0.39, 0.29) is 30.9 Å². The second-order valence-corrected chi connectivity index (χ2v) is 14.7. The van der Waals surface area contributed by atoms with Crippen molar-refractivity contribution in [1.82, 2.24) is 10.2 Å². The fourth-order valence-corrected chi connectivity index (χ4v) is 7.16. The Hall–Kier alpha value is -2.43. The number of aliphatic hydroxyl groups excluding tert-OH is 3. The average molecular weight is 700 g/mol. The summed E-state index contributed by atoms with van der Waals surface area (Å²) in [5.74, 6) is -3.61. The maximum atomic E-state index is 13.7. The highest BCUT2D eigenvalue weighted by Gasteiger charge is 2.49. The number of likely N-dealkylation sites (N-methyl/N-ethyl adjacent to an activating group) is 1. The molecule has 0 radical (unpaired) electrons. The lowest BCUT2D eigenvalue weighted by molar-refractivity contribution is -0.298. The predicted molar refractivity (Wildman–Crippen MR) is 180 cm³/mol. The molecule has 2 aliphatic heterocycles. The lowest BCUT2D eigenvalue weighted by Gasteiger charge is -2.47. The van der Waals surface area contributed by atoms with Crippen LogP contribution >= 0.6 is 0 Å². The third-order valence-corrected chi connectivity index (χ3v) is 10.2. The van der Waals surface area contributed by atoms with Crippen molar-refractivity contribution in [2.75, 3.05) is 18.9 Å². The van der Waals surface area contributed by atoms with Gasteiger partial charge in [-0.15, -0.1) is 0 Å². The molecule has 2 aliphatic rings. The lowest BCUT2D eigenvalue weighted by atomic mass is 9.78. The zero-order valence-corrected chi connectivity index (χ0v) is 30.2. The summed E-state index contributed by atoms with van der Waals surface area (Å²) < 4.78 is 31.8. The molecule has 2 saturated heterocycles. The Bertz CT molecular complexity index is 1250. The molecule has 0 bridgehead atoms. The SMILES string of the molecule is CCC1OC(=O)[C@H](C)[C@@H](O)[C@H](C)[C@@H](O[C@@H]2O[C@H](C)C[C@H](N(C)C(=O)Nc3cccc(F)c3)[C@H]2O)[C@](C)(O)C[C@@H](C)CN[C@H](C)[C@@H](O)C1(C)O. The number of nitrogens with zero attached hydrogens (tertiary/aromatic N) is 1. The number of anilines is 1. The van der Waals surface area contributed by atoms with E-state index in [4.69, 9.17) is 14.2 Å². The molecule has 280 valence electrons. The number of amides is 2. The fourth-order valence-electron chi connectivity index (χ4n) is 7.16. The molecule has 14 atom stereocenters. The van der Waals surface area contributed by atoms with Gasteiger partial charge in [0.1, 0.15) is 29.7 Å². The lowest BCUT2D eigenvalue weighted by Crippen LogP contribution is -2.60. The van der Waals surface area contributed by atoms with Crippen LogP contribution < -0.4 is 10.6 Å².